The lowest BCUT2D eigenvalue weighted by Gasteiger charge is -2.15. The molecule has 0 spiro atoms. The molecule has 0 saturated carbocycles. The van der Waals surface area contributed by atoms with Crippen LogP contribution in [0.15, 0.2) is 23.4 Å². The second-order valence-electron chi connectivity index (χ2n) is 3.03. The van der Waals surface area contributed by atoms with Crippen LogP contribution < -0.4 is 9.47 Å². The summed E-state index contributed by atoms with van der Waals surface area (Å²) < 4.78 is 15.5. The Morgan fingerprint density at radius 1 is 1.25 bits per heavy atom. The zero-order valence-corrected chi connectivity index (χ0v) is 9.51. The molecular weight excluding hydrogens is 210 g/mol. The van der Waals surface area contributed by atoms with Crippen LogP contribution in [0.2, 0.25) is 0 Å². The number of oxime groups is 1. The van der Waals surface area contributed by atoms with Crippen LogP contribution in [0.25, 0.3) is 0 Å². The molecule has 0 aliphatic heterocycles. The Kier molecular flexibility index (Phi) is 4.60. The van der Waals surface area contributed by atoms with Gasteiger partial charge in [0.15, 0.2) is 0 Å². The van der Waals surface area contributed by atoms with Gasteiger partial charge in [-0.1, -0.05) is 5.16 Å². The third kappa shape index (κ3) is 2.64. The summed E-state index contributed by atoms with van der Waals surface area (Å²) in [6.45, 7) is 0. The lowest BCUT2D eigenvalue weighted by molar-refractivity contribution is 0.154. The van der Waals surface area contributed by atoms with Crippen molar-refractivity contribution < 1.29 is 19.4 Å². The van der Waals surface area contributed by atoms with Crippen molar-refractivity contribution in [1.82, 2.24) is 0 Å². The normalized spacial score (nSPS) is 12.7. The van der Waals surface area contributed by atoms with Gasteiger partial charge < -0.3 is 19.4 Å². The van der Waals surface area contributed by atoms with Crippen molar-refractivity contribution in [3.8, 4) is 11.5 Å². The van der Waals surface area contributed by atoms with E-state index in [2.05, 4.69) is 5.16 Å². The maximum atomic E-state index is 8.54. The highest BCUT2D eigenvalue weighted by Gasteiger charge is 2.14. The molecule has 0 fully saturated rings. The fourth-order valence-corrected chi connectivity index (χ4v) is 1.39. The molecule has 0 bridgehead atoms. The van der Waals surface area contributed by atoms with E-state index in [1.165, 1.54) is 13.3 Å². The summed E-state index contributed by atoms with van der Waals surface area (Å²) in [5, 5.41) is 11.5. The van der Waals surface area contributed by atoms with E-state index in [9.17, 15) is 0 Å². The molecule has 0 heterocycles. The molecule has 88 valence electrons. The van der Waals surface area contributed by atoms with Crippen molar-refractivity contribution in [2.45, 2.75) is 6.10 Å². The molecule has 0 unspecified atom stereocenters. The minimum absolute atomic E-state index is 0.477. The number of hydrogen-bond acceptors (Lipinski definition) is 5. The Balaban J connectivity index is 3.15. The highest BCUT2D eigenvalue weighted by Crippen LogP contribution is 2.30. The topological polar surface area (TPSA) is 60.3 Å². The Hall–Kier alpha value is -1.75. The standard InChI is InChI=1S/C11H15NO4/c1-14-8-4-5-10(15-2)9(6-8)11(16-3)7-12-13/h4-7,11,13H,1-3H3/b12-7-/t11-/m0/s1. The number of hydrogen-bond donors (Lipinski definition) is 1. The number of methoxy groups -OCH3 is 3. The van der Waals surface area contributed by atoms with Crippen LogP contribution in [0, 0.1) is 0 Å². The van der Waals surface area contributed by atoms with Gasteiger partial charge in [0.2, 0.25) is 0 Å². The molecule has 5 heteroatoms. The van der Waals surface area contributed by atoms with Crippen LogP contribution in [-0.4, -0.2) is 32.8 Å². The number of nitrogens with zero attached hydrogens (tertiary/aromatic N) is 1. The van der Waals surface area contributed by atoms with E-state index < -0.39 is 6.10 Å². The maximum absolute atomic E-state index is 8.54. The lowest BCUT2D eigenvalue weighted by atomic mass is 10.1. The van der Waals surface area contributed by atoms with Crippen molar-refractivity contribution in [1.29, 1.82) is 0 Å². The molecule has 0 radical (unpaired) electrons. The van der Waals surface area contributed by atoms with E-state index in [-0.39, 0.29) is 0 Å². The van der Waals surface area contributed by atoms with Crippen molar-refractivity contribution >= 4 is 6.21 Å². The average molecular weight is 225 g/mol. The molecule has 0 aromatic heterocycles. The van der Waals surface area contributed by atoms with Gasteiger partial charge in [-0.15, -0.1) is 0 Å². The minimum Gasteiger partial charge on any atom is -0.497 e. The van der Waals surface area contributed by atoms with Gasteiger partial charge in [-0.3, -0.25) is 0 Å². The maximum Gasteiger partial charge on any atom is 0.125 e. The second kappa shape index (κ2) is 5.97. The van der Waals surface area contributed by atoms with Gasteiger partial charge in [-0.2, -0.15) is 0 Å². The van der Waals surface area contributed by atoms with E-state index in [1.54, 1.807) is 32.4 Å². The van der Waals surface area contributed by atoms with Crippen LogP contribution >= 0.6 is 0 Å². The third-order valence-corrected chi connectivity index (χ3v) is 2.20. The third-order valence-electron chi connectivity index (χ3n) is 2.20. The summed E-state index contributed by atoms with van der Waals surface area (Å²) in [4.78, 5) is 0. The van der Waals surface area contributed by atoms with Gasteiger partial charge in [0, 0.05) is 12.7 Å². The molecule has 0 aliphatic carbocycles. The summed E-state index contributed by atoms with van der Waals surface area (Å²) in [5.41, 5.74) is 0.738. The molecule has 16 heavy (non-hydrogen) atoms. The van der Waals surface area contributed by atoms with Crippen LogP contribution in [0.5, 0.6) is 11.5 Å². The first-order valence-corrected chi connectivity index (χ1v) is 4.69. The summed E-state index contributed by atoms with van der Waals surface area (Å²) in [6.07, 6.45) is 0.798. The summed E-state index contributed by atoms with van der Waals surface area (Å²) in [5.74, 6) is 1.33. The first-order chi connectivity index (χ1) is 7.76. The van der Waals surface area contributed by atoms with Gasteiger partial charge in [-0.25, -0.2) is 0 Å². The first kappa shape index (κ1) is 12.3. The highest BCUT2D eigenvalue weighted by molar-refractivity contribution is 5.67. The minimum atomic E-state index is -0.477. The van der Waals surface area contributed by atoms with Crippen LogP contribution in [0.4, 0.5) is 0 Å². The van der Waals surface area contributed by atoms with Gasteiger partial charge in [0.05, 0.1) is 20.4 Å². The molecule has 1 aromatic carbocycles. The molecule has 5 nitrogen and oxygen atoms in total. The second-order valence-corrected chi connectivity index (χ2v) is 3.03. The number of benzene rings is 1. The Labute approximate surface area is 94.2 Å². The summed E-state index contributed by atoms with van der Waals surface area (Å²) in [7, 11) is 4.66. The molecule has 1 atom stereocenters. The fraction of sp³-hybridized carbons (Fsp3) is 0.364. The van der Waals surface area contributed by atoms with Crippen LogP contribution in [0.3, 0.4) is 0 Å². The van der Waals surface area contributed by atoms with Crippen LogP contribution in [-0.2, 0) is 4.74 Å². The van der Waals surface area contributed by atoms with E-state index in [0.717, 1.165) is 5.56 Å². The number of ether oxygens (including phenoxy) is 3. The molecule has 0 aliphatic rings. The van der Waals surface area contributed by atoms with E-state index >= 15 is 0 Å². The van der Waals surface area contributed by atoms with Crippen molar-refractivity contribution in [3.63, 3.8) is 0 Å². The van der Waals surface area contributed by atoms with Crippen LogP contribution in [0.1, 0.15) is 11.7 Å². The van der Waals surface area contributed by atoms with E-state index in [4.69, 9.17) is 19.4 Å². The quantitative estimate of drug-likeness (QED) is 0.472. The average Bonchev–Trinajstić information content (AvgIpc) is 2.35. The molecular formula is C11H15NO4. The SMILES string of the molecule is COc1ccc(OC)c([C@H](/C=N\O)OC)c1. The number of rotatable bonds is 5. The summed E-state index contributed by atoms with van der Waals surface area (Å²) in [6, 6.07) is 5.32. The Morgan fingerprint density at radius 2 is 2.00 bits per heavy atom. The molecule has 1 N–H and O–H groups in total. The smallest absolute Gasteiger partial charge is 0.125 e. The first-order valence-electron chi connectivity index (χ1n) is 4.69. The van der Waals surface area contributed by atoms with E-state index in [0.29, 0.717) is 11.5 Å². The van der Waals surface area contributed by atoms with Crippen molar-refractivity contribution in [3.05, 3.63) is 23.8 Å². The van der Waals surface area contributed by atoms with Crippen molar-refractivity contribution in [2.24, 2.45) is 5.16 Å². The molecule has 1 rings (SSSR count). The predicted molar refractivity (Wildman–Crippen MR) is 59.6 cm³/mol. The molecule has 0 saturated heterocycles. The zero-order chi connectivity index (χ0) is 12.0. The van der Waals surface area contributed by atoms with Gasteiger partial charge in [0.1, 0.15) is 17.6 Å². The monoisotopic (exact) mass is 225 g/mol. The van der Waals surface area contributed by atoms with Gasteiger partial charge in [0.25, 0.3) is 0 Å². The highest BCUT2D eigenvalue weighted by atomic mass is 16.5. The van der Waals surface area contributed by atoms with Crippen molar-refractivity contribution in [2.75, 3.05) is 21.3 Å². The molecule has 1 aromatic rings. The molecule has 0 amide bonds. The van der Waals surface area contributed by atoms with E-state index in [1.807, 2.05) is 0 Å². The predicted octanol–water partition coefficient (Wildman–Crippen LogP) is 1.85. The Morgan fingerprint density at radius 3 is 2.50 bits per heavy atom. The largest absolute Gasteiger partial charge is 0.497 e. The zero-order valence-electron chi connectivity index (χ0n) is 9.51. The fourth-order valence-electron chi connectivity index (χ4n) is 1.39. The van der Waals surface area contributed by atoms with Gasteiger partial charge >= 0.3 is 0 Å². The Bertz CT molecular complexity index is 365. The van der Waals surface area contributed by atoms with Gasteiger partial charge in [-0.05, 0) is 18.2 Å². The summed E-state index contributed by atoms with van der Waals surface area (Å²) >= 11 is 0. The lowest BCUT2D eigenvalue weighted by Crippen LogP contribution is -2.05.